The zero-order valence-corrected chi connectivity index (χ0v) is 14.3. The summed E-state index contributed by atoms with van der Waals surface area (Å²) in [6, 6.07) is -0.544. The lowest BCUT2D eigenvalue weighted by atomic mass is 10.2. The van der Waals surface area contributed by atoms with Crippen LogP contribution in [0.4, 0.5) is 24.9 Å². The van der Waals surface area contributed by atoms with Crippen LogP contribution >= 0.6 is 0 Å². The van der Waals surface area contributed by atoms with E-state index >= 15 is 0 Å². The average Bonchev–Trinajstić information content (AvgIpc) is 3.04. The van der Waals surface area contributed by atoms with Crippen LogP contribution in [0.25, 0.3) is 0 Å². The van der Waals surface area contributed by atoms with E-state index in [1.165, 1.54) is 9.80 Å². The van der Waals surface area contributed by atoms with Crippen LogP contribution in [-0.4, -0.2) is 70.9 Å². The Balaban J connectivity index is 1.84. The molecule has 0 unspecified atom stereocenters. The van der Waals surface area contributed by atoms with E-state index in [1.807, 2.05) is 0 Å². The van der Waals surface area contributed by atoms with Crippen LogP contribution in [0.2, 0.25) is 0 Å². The molecule has 2 N–H and O–H groups in total. The molecule has 0 radical (unpaired) electrons. The van der Waals surface area contributed by atoms with Crippen LogP contribution < -0.4 is 10.6 Å². The zero-order valence-electron chi connectivity index (χ0n) is 14.3. The number of alkyl halides is 3. The quantitative estimate of drug-likeness (QED) is 0.812. The molecule has 2 atom stereocenters. The molecule has 11 heteroatoms. The van der Waals surface area contributed by atoms with Crippen LogP contribution in [0.5, 0.6) is 0 Å². The van der Waals surface area contributed by atoms with Crippen molar-refractivity contribution in [3.63, 3.8) is 0 Å². The maximum Gasteiger partial charge on any atom is 0.433 e. The summed E-state index contributed by atoms with van der Waals surface area (Å²) in [5, 5.41) is 5.41. The number of carbonyl (C=O) groups is 2. The Bertz CT molecular complexity index is 676. The predicted octanol–water partition coefficient (Wildman–Crippen LogP) is 0.781. The number of amides is 2. The Labute approximate surface area is 147 Å². The van der Waals surface area contributed by atoms with Gasteiger partial charge in [-0.15, -0.1) is 0 Å². The topological polar surface area (TPSA) is 90.5 Å². The highest BCUT2D eigenvalue weighted by atomic mass is 19.4. The third kappa shape index (κ3) is 3.65. The molecule has 2 saturated heterocycles. The predicted molar refractivity (Wildman–Crippen MR) is 86.4 cm³/mol. The smallest absolute Gasteiger partial charge is 0.358 e. The highest BCUT2D eigenvalue weighted by Gasteiger charge is 2.36. The number of rotatable bonds is 4. The van der Waals surface area contributed by atoms with Gasteiger partial charge in [-0.05, 0) is 12.8 Å². The summed E-state index contributed by atoms with van der Waals surface area (Å²) >= 11 is 0. The number of halogens is 3. The molecular weight excluding hydrogens is 353 g/mol. The fraction of sp³-hybridized carbons (Fsp3) is 0.600. The van der Waals surface area contributed by atoms with E-state index in [1.54, 1.807) is 14.1 Å². The number of likely N-dealkylation sites (N-methyl/N-ethyl adjacent to an activating group) is 2. The summed E-state index contributed by atoms with van der Waals surface area (Å²) < 4.78 is 39.5. The van der Waals surface area contributed by atoms with Crippen molar-refractivity contribution >= 4 is 23.6 Å². The molecule has 0 saturated carbocycles. The fourth-order valence-corrected chi connectivity index (χ4v) is 2.98. The Morgan fingerprint density at radius 1 is 1.00 bits per heavy atom. The van der Waals surface area contributed by atoms with Gasteiger partial charge in [0.15, 0.2) is 5.69 Å². The molecule has 2 aliphatic heterocycles. The summed E-state index contributed by atoms with van der Waals surface area (Å²) in [7, 11) is 3.24. The van der Waals surface area contributed by atoms with E-state index in [4.69, 9.17) is 0 Å². The molecule has 2 fully saturated rings. The highest BCUT2D eigenvalue weighted by molar-refractivity contribution is 5.87. The van der Waals surface area contributed by atoms with Gasteiger partial charge in [-0.25, -0.2) is 4.98 Å². The van der Waals surface area contributed by atoms with Crippen molar-refractivity contribution in [2.24, 2.45) is 0 Å². The van der Waals surface area contributed by atoms with Crippen LogP contribution in [-0.2, 0) is 15.8 Å². The number of likely N-dealkylation sites (tertiary alicyclic amines) is 2. The minimum atomic E-state index is -4.68. The van der Waals surface area contributed by atoms with Crippen LogP contribution in [0.15, 0.2) is 6.07 Å². The van der Waals surface area contributed by atoms with E-state index in [2.05, 4.69) is 20.6 Å². The normalized spacial score (nSPS) is 23.7. The number of aromatic nitrogens is 2. The second-order valence-electron chi connectivity index (χ2n) is 6.45. The molecule has 0 aliphatic carbocycles. The summed E-state index contributed by atoms with van der Waals surface area (Å²) in [6.45, 7) is 1.02. The van der Waals surface area contributed by atoms with Gasteiger partial charge in [-0.2, -0.15) is 18.2 Å². The molecule has 0 spiro atoms. The van der Waals surface area contributed by atoms with Gasteiger partial charge >= 0.3 is 6.18 Å². The largest absolute Gasteiger partial charge is 0.433 e. The van der Waals surface area contributed by atoms with Crippen molar-refractivity contribution in [3.05, 3.63) is 11.8 Å². The van der Waals surface area contributed by atoms with Gasteiger partial charge in [-0.1, -0.05) is 0 Å². The van der Waals surface area contributed by atoms with Gasteiger partial charge in [0.1, 0.15) is 17.9 Å². The first-order valence-corrected chi connectivity index (χ1v) is 8.14. The van der Waals surface area contributed by atoms with Crippen molar-refractivity contribution in [3.8, 4) is 0 Å². The van der Waals surface area contributed by atoms with Crippen LogP contribution in [0.3, 0.4) is 0 Å². The third-order valence-corrected chi connectivity index (χ3v) is 4.50. The van der Waals surface area contributed by atoms with Crippen molar-refractivity contribution in [2.45, 2.75) is 31.1 Å². The van der Waals surface area contributed by atoms with Gasteiger partial charge in [-0.3, -0.25) is 9.59 Å². The molecule has 1 aromatic rings. The zero-order chi connectivity index (χ0) is 19.1. The average molecular weight is 372 g/mol. The van der Waals surface area contributed by atoms with Crippen molar-refractivity contribution in [1.29, 1.82) is 0 Å². The van der Waals surface area contributed by atoms with E-state index in [9.17, 15) is 22.8 Å². The maximum atomic E-state index is 13.2. The number of carbonyl (C=O) groups excluding carboxylic acids is 2. The minimum absolute atomic E-state index is 0.109. The van der Waals surface area contributed by atoms with Crippen LogP contribution in [0.1, 0.15) is 18.5 Å². The van der Waals surface area contributed by atoms with Crippen LogP contribution in [0, 0.1) is 0 Å². The molecule has 26 heavy (non-hydrogen) atoms. The lowest BCUT2D eigenvalue weighted by Gasteiger charge is -2.17. The van der Waals surface area contributed by atoms with Gasteiger partial charge < -0.3 is 20.4 Å². The lowest BCUT2D eigenvalue weighted by Crippen LogP contribution is -2.33. The molecule has 8 nitrogen and oxygen atoms in total. The lowest BCUT2D eigenvalue weighted by molar-refractivity contribution is -0.141. The van der Waals surface area contributed by atoms with Crippen molar-refractivity contribution in [1.82, 2.24) is 19.8 Å². The van der Waals surface area contributed by atoms with E-state index in [-0.39, 0.29) is 23.6 Å². The minimum Gasteiger partial charge on any atom is -0.358 e. The number of hydrogen-bond acceptors (Lipinski definition) is 6. The number of nitrogens with zero attached hydrogens (tertiary/aromatic N) is 4. The second kappa shape index (κ2) is 6.61. The molecule has 2 aliphatic rings. The molecular formula is C15H19F3N6O2. The van der Waals surface area contributed by atoms with Crippen molar-refractivity contribution < 1.29 is 22.8 Å². The summed E-state index contributed by atoms with van der Waals surface area (Å²) in [5.41, 5.74) is -1.14. The summed E-state index contributed by atoms with van der Waals surface area (Å²) in [4.78, 5) is 34.4. The standard InChI is InChI=1S/C15H19F3N6O2/c1-23-5-3-8(12(23)25)19-11-7-10(15(16,17)18)21-14(22-11)20-9-4-6-24(2)13(9)26/h7-9H,3-6H2,1-2H3,(H2,19,20,21,22)/t8-,9+/m0/s1. The first kappa shape index (κ1) is 18.2. The van der Waals surface area contributed by atoms with E-state index < -0.39 is 24.0 Å². The molecule has 1 aromatic heterocycles. The van der Waals surface area contributed by atoms with Gasteiger partial charge in [0.05, 0.1) is 0 Å². The Morgan fingerprint density at radius 3 is 2.00 bits per heavy atom. The molecule has 0 bridgehead atoms. The van der Waals surface area contributed by atoms with Gasteiger partial charge in [0.2, 0.25) is 17.8 Å². The van der Waals surface area contributed by atoms with Gasteiger partial charge in [0.25, 0.3) is 0 Å². The Hall–Kier alpha value is -2.59. The Kier molecular flexibility index (Phi) is 4.63. The molecule has 0 aromatic carbocycles. The second-order valence-corrected chi connectivity index (χ2v) is 6.45. The number of hydrogen-bond donors (Lipinski definition) is 2. The first-order chi connectivity index (χ1) is 12.1. The molecule has 3 rings (SSSR count). The third-order valence-electron chi connectivity index (χ3n) is 4.50. The molecule has 142 valence electrons. The van der Waals surface area contributed by atoms with Gasteiger partial charge in [0, 0.05) is 33.3 Å². The number of nitrogens with one attached hydrogen (secondary N) is 2. The summed E-state index contributed by atoms with van der Waals surface area (Å²) in [6.07, 6.45) is -3.76. The monoisotopic (exact) mass is 372 g/mol. The SMILES string of the molecule is CN1CC[C@H](Nc2cc(C(F)(F)F)nc(N[C@@H]3CCN(C)C3=O)n2)C1=O. The van der Waals surface area contributed by atoms with Crippen molar-refractivity contribution in [2.75, 3.05) is 37.8 Å². The summed E-state index contributed by atoms with van der Waals surface area (Å²) in [5.74, 6) is -0.843. The first-order valence-electron chi connectivity index (χ1n) is 8.14. The Morgan fingerprint density at radius 2 is 1.54 bits per heavy atom. The number of anilines is 2. The van der Waals surface area contributed by atoms with E-state index in [0.29, 0.717) is 25.9 Å². The molecule has 2 amide bonds. The maximum absolute atomic E-state index is 13.2. The highest BCUT2D eigenvalue weighted by Crippen LogP contribution is 2.30. The fourth-order valence-electron chi connectivity index (χ4n) is 2.98. The van der Waals surface area contributed by atoms with E-state index in [0.717, 1.165) is 6.07 Å². The molecule has 3 heterocycles.